The zero-order chi connectivity index (χ0) is 29.8. The van der Waals surface area contributed by atoms with Crippen LogP contribution in [0.15, 0.2) is 91.4 Å². The van der Waals surface area contributed by atoms with Crippen molar-refractivity contribution in [2.75, 3.05) is 41.3 Å². The van der Waals surface area contributed by atoms with Crippen LogP contribution in [0.2, 0.25) is 10.0 Å². The summed E-state index contributed by atoms with van der Waals surface area (Å²) >= 11 is 12.6. The van der Waals surface area contributed by atoms with Gasteiger partial charge in [-0.15, -0.1) is 0 Å². The maximum Gasteiger partial charge on any atom is 0.241 e. The van der Waals surface area contributed by atoms with Gasteiger partial charge in [0.25, 0.3) is 0 Å². The van der Waals surface area contributed by atoms with Crippen LogP contribution in [0.1, 0.15) is 11.1 Å². The van der Waals surface area contributed by atoms with Gasteiger partial charge in [-0.2, -0.15) is 0 Å². The molecule has 0 radical (unpaired) electrons. The van der Waals surface area contributed by atoms with E-state index in [0.29, 0.717) is 27.7 Å². The highest BCUT2D eigenvalue weighted by Crippen LogP contribution is 2.33. The number of nitrogens with zero attached hydrogens (tertiary/aromatic N) is 3. The molecule has 10 heteroatoms. The third-order valence-corrected chi connectivity index (χ3v) is 8.66. The van der Waals surface area contributed by atoms with Crippen LogP contribution in [0, 0.1) is 5.82 Å². The lowest BCUT2D eigenvalue weighted by Crippen LogP contribution is -2.46. The van der Waals surface area contributed by atoms with Crippen LogP contribution in [0.5, 0.6) is 0 Å². The van der Waals surface area contributed by atoms with Crippen molar-refractivity contribution < 1.29 is 9.18 Å². The van der Waals surface area contributed by atoms with Gasteiger partial charge in [0, 0.05) is 79.2 Å². The third-order valence-electron chi connectivity index (χ3n) is 7.86. The van der Waals surface area contributed by atoms with Crippen LogP contribution in [0.25, 0.3) is 10.9 Å². The minimum atomic E-state index is -0.599. The summed E-state index contributed by atoms with van der Waals surface area (Å²) < 4.78 is 15.4. The number of fused-ring (bicyclic) bond motifs is 1. The van der Waals surface area contributed by atoms with E-state index in [2.05, 4.69) is 30.4 Å². The number of halogens is 3. The minimum absolute atomic E-state index is 0.198. The van der Waals surface area contributed by atoms with E-state index in [1.807, 2.05) is 48.7 Å². The highest BCUT2D eigenvalue weighted by atomic mass is 35.5. The number of aromatic nitrogens is 2. The smallest absolute Gasteiger partial charge is 0.241 e. The number of carbonyl (C=O) groups is 1. The normalized spacial score (nSPS) is 14.2. The molecule has 0 aliphatic carbocycles. The van der Waals surface area contributed by atoms with Crippen LogP contribution >= 0.6 is 23.2 Å². The number of carbonyl (C=O) groups excluding carboxylic acids is 1. The Kier molecular flexibility index (Phi) is 8.79. The van der Waals surface area contributed by atoms with Gasteiger partial charge in [0.05, 0.1) is 21.8 Å². The molecule has 3 aromatic carbocycles. The van der Waals surface area contributed by atoms with E-state index >= 15 is 4.39 Å². The number of amides is 1. The Labute approximate surface area is 259 Å². The lowest BCUT2D eigenvalue weighted by atomic mass is 10.0. The van der Waals surface area contributed by atoms with E-state index in [1.165, 1.54) is 0 Å². The highest BCUT2D eigenvalue weighted by molar-refractivity contribution is 6.43. The number of nitrogens with one attached hydrogen (secondary N) is 3. The molecular formula is C33H31Cl2FN6O. The average Bonchev–Trinajstić information content (AvgIpc) is 3.44. The predicted octanol–water partition coefficient (Wildman–Crippen LogP) is 6.68. The van der Waals surface area contributed by atoms with Crippen LogP contribution in [0.4, 0.5) is 21.5 Å². The maximum atomic E-state index is 15.4. The fourth-order valence-corrected chi connectivity index (χ4v) is 5.91. The van der Waals surface area contributed by atoms with Crippen molar-refractivity contribution in [3.63, 3.8) is 0 Å². The molecule has 220 valence electrons. The number of H-pyrrole nitrogens is 1. The Bertz CT molecular complexity index is 1720. The second kappa shape index (κ2) is 13.0. The Morgan fingerprint density at radius 1 is 0.930 bits per heavy atom. The van der Waals surface area contributed by atoms with E-state index in [-0.39, 0.29) is 18.3 Å². The van der Waals surface area contributed by atoms with Gasteiger partial charge >= 0.3 is 0 Å². The van der Waals surface area contributed by atoms with Gasteiger partial charge in [0.2, 0.25) is 5.91 Å². The van der Waals surface area contributed by atoms with Gasteiger partial charge < -0.3 is 25.4 Å². The molecule has 1 aliphatic heterocycles. The summed E-state index contributed by atoms with van der Waals surface area (Å²) in [5.74, 6) is -0.517. The van der Waals surface area contributed by atoms with E-state index < -0.39 is 6.04 Å². The summed E-state index contributed by atoms with van der Waals surface area (Å²) in [5, 5.41) is 8.41. The van der Waals surface area contributed by atoms with Gasteiger partial charge in [-0.3, -0.25) is 9.78 Å². The molecule has 1 amide bonds. The quantitative estimate of drug-likeness (QED) is 0.172. The molecule has 0 bridgehead atoms. The van der Waals surface area contributed by atoms with Crippen molar-refractivity contribution in [1.82, 2.24) is 15.3 Å². The summed E-state index contributed by atoms with van der Waals surface area (Å²) in [6.45, 7) is 3.13. The first-order valence-corrected chi connectivity index (χ1v) is 14.9. The predicted molar refractivity (Wildman–Crippen MR) is 173 cm³/mol. The third kappa shape index (κ3) is 6.62. The lowest BCUT2D eigenvalue weighted by molar-refractivity contribution is -0.118. The van der Waals surface area contributed by atoms with Crippen LogP contribution in [-0.2, 0) is 17.8 Å². The van der Waals surface area contributed by atoms with Gasteiger partial charge in [-0.25, -0.2) is 4.39 Å². The maximum absolute atomic E-state index is 15.4. The summed E-state index contributed by atoms with van der Waals surface area (Å²) in [6, 6.07) is 21.8. The number of aromatic amines is 1. The van der Waals surface area contributed by atoms with Gasteiger partial charge in [0.15, 0.2) is 0 Å². The van der Waals surface area contributed by atoms with E-state index in [4.69, 9.17) is 23.2 Å². The molecule has 0 saturated carbocycles. The Hall–Kier alpha value is -4.11. The van der Waals surface area contributed by atoms with Crippen LogP contribution in [0.3, 0.4) is 0 Å². The molecule has 7 nitrogen and oxygen atoms in total. The first-order valence-electron chi connectivity index (χ1n) is 14.2. The van der Waals surface area contributed by atoms with Crippen molar-refractivity contribution in [1.29, 1.82) is 0 Å². The molecule has 2 aromatic heterocycles. The van der Waals surface area contributed by atoms with Crippen molar-refractivity contribution in [2.24, 2.45) is 0 Å². The number of pyridine rings is 1. The topological polar surface area (TPSA) is 76.3 Å². The largest absolute Gasteiger partial charge is 0.368 e. The molecule has 1 atom stereocenters. The Balaban J connectivity index is 1.13. The highest BCUT2D eigenvalue weighted by Gasteiger charge is 2.23. The summed E-state index contributed by atoms with van der Waals surface area (Å²) in [6.07, 6.45) is 5.61. The van der Waals surface area contributed by atoms with Crippen LogP contribution in [-0.4, -0.2) is 48.1 Å². The molecule has 3 N–H and O–H groups in total. The SMILES string of the molecule is O=C(Nc1ccncc1)C(Cc1c[nH]c2ccccc12)NCc1ccc(N2CCN(c3cccc(Cl)c3Cl)CC2)cc1F. The van der Waals surface area contributed by atoms with E-state index in [0.717, 1.165) is 54.0 Å². The second-order valence-electron chi connectivity index (χ2n) is 10.5. The Morgan fingerprint density at radius 3 is 2.49 bits per heavy atom. The average molecular weight is 618 g/mol. The van der Waals surface area contributed by atoms with E-state index in [1.54, 1.807) is 42.7 Å². The van der Waals surface area contributed by atoms with Crippen LogP contribution < -0.4 is 20.4 Å². The number of benzene rings is 3. The molecule has 5 aromatic rings. The second-order valence-corrected chi connectivity index (χ2v) is 11.3. The first-order chi connectivity index (χ1) is 21.0. The van der Waals surface area contributed by atoms with E-state index in [9.17, 15) is 4.79 Å². The monoisotopic (exact) mass is 616 g/mol. The molecular weight excluding hydrogens is 586 g/mol. The van der Waals surface area contributed by atoms with Gasteiger partial charge in [-0.1, -0.05) is 53.5 Å². The zero-order valence-electron chi connectivity index (χ0n) is 23.4. The van der Waals surface area contributed by atoms with Gasteiger partial charge in [-0.05, 0) is 54.4 Å². The summed E-state index contributed by atoms with van der Waals surface area (Å²) in [5.41, 5.74) is 4.89. The summed E-state index contributed by atoms with van der Waals surface area (Å²) in [4.78, 5) is 25.0. The van der Waals surface area contributed by atoms with Crippen molar-refractivity contribution in [3.05, 3.63) is 118 Å². The number of para-hydroxylation sites is 1. The number of piperazine rings is 1. The molecule has 1 fully saturated rings. The number of anilines is 3. The summed E-state index contributed by atoms with van der Waals surface area (Å²) in [7, 11) is 0. The fraction of sp³-hybridized carbons (Fsp3) is 0.212. The standard InChI is InChI=1S/C33H31Cl2FN6O/c34-27-5-3-7-31(32(27)35)42-16-14-41(15-17-42)25-9-8-22(28(36)19-25)20-39-30(33(43)40-24-10-12-37-13-11-24)18-23-21-38-29-6-2-1-4-26(23)29/h1-13,19,21,30,38-39H,14-18,20H2,(H,37,40,43). The van der Waals surface area contributed by atoms with Crippen molar-refractivity contribution >= 4 is 57.1 Å². The lowest BCUT2D eigenvalue weighted by Gasteiger charge is -2.38. The molecule has 0 spiro atoms. The number of hydrogen-bond acceptors (Lipinski definition) is 5. The molecule has 1 saturated heterocycles. The fourth-order valence-electron chi connectivity index (χ4n) is 5.49. The van der Waals surface area contributed by atoms with Gasteiger partial charge in [0.1, 0.15) is 5.82 Å². The molecule has 6 rings (SSSR count). The number of rotatable bonds is 9. The zero-order valence-corrected chi connectivity index (χ0v) is 24.9. The number of hydrogen-bond donors (Lipinski definition) is 3. The molecule has 3 heterocycles. The molecule has 43 heavy (non-hydrogen) atoms. The molecule has 1 unspecified atom stereocenters. The van der Waals surface area contributed by atoms with Crippen molar-refractivity contribution in [3.8, 4) is 0 Å². The Morgan fingerprint density at radius 2 is 1.70 bits per heavy atom. The first kappa shape index (κ1) is 29.0. The molecule has 1 aliphatic rings. The van der Waals surface area contributed by atoms with Crippen molar-refractivity contribution in [2.45, 2.75) is 19.0 Å². The minimum Gasteiger partial charge on any atom is -0.368 e.